The quantitative estimate of drug-likeness (QED) is 0.248. The van der Waals surface area contributed by atoms with E-state index in [1.54, 1.807) is 5.48 Å². The van der Waals surface area contributed by atoms with Crippen LogP contribution in [0.15, 0.2) is 24.3 Å². The van der Waals surface area contributed by atoms with Gasteiger partial charge in [0.25, 0.3) is 0 Å². The number of hydrogen-bond acceptors (Lipinski definition) is 7. The van der Waals surface area contributed by atoms with Gasteiger partial charge in [0.2, 0.25) is 17.7 Å². The highest BCUT2D eigenvalue weighted by molar-refractivity contribution is 5.91. The van der Waals surface area contributed by atoms with Gasteiger partial charge in [-0.15, -0.1) is 0 Å². The molecule has 1 saturated heterocycles. The molecule has 11 heteroatoms. The summed E-state index contributed by atoms with van der Waals surface area (Å²) in [5.74, 6) is -3.22. The van der Waals surface area contributed by atoms with Crippen molar-refractivity contribution in [1.82, 2.24) is 21.4 Å². The minimum Gasteiger partial charge on any atom is -0.450 e. The summed E-state index contributed by atoms with van der Waals surface area (Å²) in [4.78, 5) is 51.6. The monoisotopic (exact) mass is 532 g/mol. The molecule has 1 fully saturated rings. The van der Waals surface area contributed by atoms with Crippen LogP contribution in [-0.4, -0.2) is 59.4 Å². The number of rotatable bonds is 5. The van der Waals surface area contributed by atoms with Crippen molar-refractivity contribution in [3.8, 4) is 0 Å². The van der Waals surface area contributed by atoms with Crippen molar-refractivity contribution >= 4 is 23.8 Å². The van der Waals surface area contributed by atoms with E-state index in [0.717, 1.165) is 11.1 Å². The molecule has 0 spiro atoms. The van der Waals surface area contributed by atoms with Crippen LogP contribution in [-0.2, 0) is 25.5 Å². The number of hydroxylamine groups is 1. The maximum atomic E-state index is 13.6. The minimum absolute atomic E-state index is 0.0567. The molecule has 1 aromatic rings. The SMILES string of the molecule is CC(C)C[C@H]1C(=O)N[C@H](C(=O)N[C@H]2c3ccccc3C[C@H]2O)CCCCNC(=O)OCCC[C@@H]1C(=O)NO. The Kier molecular flexibility index (Phi) is 10.9. The molecular weight excluding hydrogens is 492 g/mol. The fourth-order valence-corrected chi connectivity index (χ4v) is 5.29. The minimum atomic E-state index is -0.910. The lowest BCUT2D eigenvalue weighted by Crippen LogP contribution is -2.52. The van der Waals surface area contributed by atoms with Gasteiger partial charge in [0.15, 0.2) is 0 Å². The lowest BCUT2D eigenvalue weighted by molar-refractivity contribution is -0.142. The van der Waals surface area contributed by atoms with E-state index in [1.807, 2.05) is 38.1 Å². The van der Waals surface area contributed by atoms with E-state index < -0.39 is 53.8 Å². The molecule has 5 atom stereocenters. The number of cyclic esters (lactones) is 1. The maximum absolute atomic E-state index is 13.6. The summed E-state index contributed by atoms with van der Waals surface area (Å²) in [6.07, 6.45) is 1.33. The standard InChI is InChI=1S/C27H40N4O7/c1-16(2)14-20-19(25(34)31-37)10-7-13-38-27(36)28-12-6-5-11-21(29-24(20)33)26(35)30-23-18-9-4-3-8-17(18)15-22(23)32/h3-4,8-9,16,19-23,32,37H,5-7,10-15H2,1-2H3,(H,28,36)(H,29,33)(H,30,35)(H,31,34)/t19-,20+,21-,22+,23-/m0/s1. The molecule has 11 nitrogen and oxygen atoms in total. The molecule has 1 aliphatic heterocycles. The Morgan fingerprint density at radius 3 is 2.61 bits per heavy atom. The molecule has 2 aliphatic rings. The maximum Gasteiger partial charge on any atom is 0.407 e. The summed E-state index contributed by atoms with van der Waals surface area (Å²) in [7, 11) is 0. The van der Waals surface area contributed by atoms with E-state index in [2.05, 4.69) is 16.0 Å². The van der Waals surface area contributed by atoms with E-state index in [0.29, 0.717) is 45.1 Å². The number of nitrogens with one attached hydrogen (secondary N) is 4. The van der Waals surface area contributed by atoms with Crippen LogP contribution in [0.1, 0.15) is 69.5 Å². The third-order valence-corrected chi connectivity index (χ3v) is 7.21. The second kappa shape index (κ2) is 14.1. The normalized spacial score (nSPS) is 27.1. The largest absolute Gasteiger partial charge is 0.450 e. The van der Waals surface area contributed by atoms with Crippen LogP contribution >= 0.6 is 0 Å². The Labute approximate surface area is 223 Å². The zero-order valence-corrected chi connectivity index (χ0v) is 22.1. The number of hydrogen-bond donors (Lipinski definition) is 6. The highest BCUT2D eigenvalue weighted by atomic mass is 16.5. The highest BCUT2D eigenvalue weighted by Crippen LogP contribution is 2.31. The lowest BCUT2D eigenvalue weighted by Gasteiger charge is -2.29. The first-order valence-corrected chi connectivity index (χ1v) is 13.4. The van der Waals surface area contributed by atoms with E-state index in [-0.39, 0.29) is 18.9 Å². The van der Waals surface area contributed by atoms with Crippen LogP contribution in [0.3, 0.4) is 0 Å². The van der Waals surface area contributed by atoms with Gasteiger partial charge in [-0.25, -0.2) is 10.3 Å². The molecule has 210 valence electrons. The van der Waals surface area contributed by atoms with E-state index in [9.17, 15) is 29.5 Å². The van der Waals surface area contributed by atoms with Gasteiger partial charge in [-0.3, -0.25) is 19.6 Å². The summed E-state index contributed by atoms with van der Waals surface area (Å²) in [6, 6.07) is 6.01. The van der Waals surface area contributed by atoms with Crippen LogP contribution in [0, 0.1) is 17.8 Å². The molecule has 0 saturated carbocycles. The van der Waals surface area contributed by atoms with Crippen molar-refractivity contribution < 1.29 is 34.2 Å². The van der Waals surface area contributed by atoms with Gasteiger partial charge < -0.3 is 25.8 Å². The lowest BCUT2D eigenvalue weighted by atomic mass is 9.81. The van der Waals surface area contributed by atoms with Gasteiger partial charge in [0, 0.05) is 18.9 Å². The third kappa shape index (κ3) is 7.91. The molecule has 38 heavy (non-hydrogen) atoms. The van der Waals surface area contributed by atoms with Gasteiger partial charge in [0.1, 0.15) is 6.04 Å². The van der Waals surface area contributed by atoms with E-state index >= 15 is 0 Å². The number of carbonyl (C=O) groups excluding carboxylic acids is 4. The van der Waals surface area contributed by atoms with Crippen LogP contribution in [0.4, 0.5) is 4.79 Å². The first-order valence-electron chi connectivity index (χ1n) is 13.4. The van der Waals surface area contributed by atoms with Gasteiger partial charge >= 0.3 is 6.09 Å². The number of carbonyl (C=O) groups is 4. The average molecular weight is 533 g/mol. The Balaban J connectivity index is 1.83. The first-order chi connectivity index (χ1) is 18.2. The molecule has 0 aromatic heterocycles. The van der Waals surface area contributed by atoms with Crippen molar-refractivity contribution in [2.75, 3.05) is 13.2 Å². The number of benzene rings is 1. The fourth-order valence-electron chi connectivity index (χ4n) is 5.29. The molecule has 6 N–H and O–H groups in total. The topological polar surface area (TPSA) is 166 Å². The molecule has 1 aliphatic carbocycles. The van der Waals surface area contributed by atoms with E-state index in [1.165, 1.54) is 0 Å². The number of aliphatic hydroxyl groups excluding tert-OH is 1. The van der Waals surface area contributed by atoms with Crippen molar-refractivity contribution in [3.05, 3.63) is 35.4 Å². The van der Waals surface area contributed by atoms with E-state index in [4.69, 9.17) is 4.74 Å². The number of ether oxygens (including phenoxy) is 1. The van der Waals surface area contributed by atoms with Crippen LogP contribution < -0.4 is 21.4 Å². The van der Waals surface area contributed by atoms with Gasteiger partial charge in [0.05, 0.1) is 24.7 Å². The predicted octanol–water partition coefficient (Wildman–Crippen LogP) is 1.72. The summed E-state index contributed by atoms with van der Waals surface area (Å²) < 4.78 is 5.16. The molecule has 0 unspecified atom stereocenters. The Hall–Kier alpha value is -3.18. The van der Waals surface area contributed by atoms with Crippen molar-refractivity contribution in [2.24, 2.45) is 17.8 Å². The zero-order chi connectivity index (χ0) is 27.7. The van der Waals surface area contributed by atoms with Gasteiger partial charge in [-0.1, -0.05) is 38.1 Å². The first kappa shape index (κ1) is 29.4. The van der Waals surface area contributed by atoms with Crippen LogP contribution in [0.25, 0.3) is 0 Å². The predicted molar refractivity (Wildman–Crippen MR) is 138 cm³/mol. The second-order valence-electron chi connectivity index (χ2n) is 10.5. The number of amides is 4. The molecule has 0 radical (unpaired) electrons. The van der Waals surface area contributed by atoms with Crippen molar-refractivity contribution in [2.45, 2.75) is 77.0 Å². The summed E-state index contributed by atoms with van der Waals surface area (Å²) in [6.45, 7) is 4.26. The fraction of sp³-hybridized carbons (Fsp3) is 0.630. The highest BCUT2D eigenvalue weighted by Gasteiger charge is 2.37. The van der Waals surface area contributed by atoms with Crippen LogP contribution in [0.2, 0.25) is 0 Å². The molecule has 1 heterocycles. The summed E-state index contributed by atoms with van der Waals surface area (Å²) in [5, 5.41) is 28.4. The number of alkyl carbamates (subject to hydrolysis) is 1. The average Bonchev–Trinajstić information content (AvgIpc) is 3.20. The molecule has 4 amide bonds. The molecule has 1 aromatic carbocycles. The molecule has 3 rings (SSSR count). The van der Waals surface area contributed by atoms with Crippen molar-refractivity contribution in [1.29, 1.82) is 0 Å². The number of aliphatic hydroxyl groups is 1. The smallest absolute Gasteiger partial charge is 0.407 e. The Bertz CT molecular complexity index is 986. The van der Waals surface area contributed by atoms with Crippen LogP contribution in [0.5, 0.6) is 0 Å². The Morgan fingerprint density at radius 1 is 1.11 bits per heavy atom. The zero-order valence-electron chi connectivity index (χ0n) is 22.1. The summed E-state index contributed by atoms with van der Waals surface area (Å²) in [5.41, 5.74) is 3.47. The Morgan fingerprint density at radius 2 is 1.87 bits per heavy atom. The van der Waals surface area contributed by atoms with Crippen molar-refractivity contribution in [3.63, 3.8) is 0 Å². The van der Waals surface area contributed by atoms with Gasteiger partial charge in [-0.2, -0.15) is 0 Å². The molecule has 0 bridgehead atoms. The van der Waals surface area contributed by atoms with Gasteiger partial charge in [-0.05, 0) is 55.6 Å². The number of fused-ring (bicyclic) bond motifs is 1. The third-order valence-electron chi connectivity index (χ3n) is 7.21. The second-order valence-corrected chi connectivity index (χ2v) is 10.5. The summed E-state index contributed by atoms with van der Waals surface area (Å²) >= 11 is 0. The molecular formula is C27H40N4O7.